The normalized spacial score (nSPS) is 21.3. The second-order valence-corrected chi connectivity index (χ2v) is 7.61. The van der Waals surface area contributed by atoms with Crippen LogP contribution in [0.2, 0.25) is 0 Å². The van der Waals surface area contributed by atoms with E-state index in [0.29, 0.717) is 12.8 Å². The summed E-state index contributed by atoms with van der Waals surface area (Å²) in [7, 11) is -3.75. The van der Waals surface area contributed by atoms with Gasteiger partial charge in [-0.05, 0) is 32.9 Å². The largest absolute Gasteiger partial charge is 0.462 e. The summed E-state index contributed by atoms with van der Waals surface area (Å²) in [6.07, 6.45) is 0.681. The van der Waals surface area contributed by atoms with Crippen LogP contribution in [0.1, 0.15) is 32.3 Å². The van der Waals surface area contributed by atoms with Crippen LogP contribution in [0.3, 0.4) is 0 Å². The van der Waals surface area contributed by atoms with Crippen molar-refractivity contribution in [3.8, 4) is 0 Å². The second kappa shape index (κ2) is 5.77. The standard InChI is InChI=1S/C15H20O5S/c1-11-4-6-13(7-5-11)21(17,18)19-9-8-12-10-15(2,3)14(16)20-12/h4-7,12H,8-10H2,1-3H3/t12-/m0/s1. The molecule has 2 rings (SSSR count). The van der Waals surface area contributed by atoms with Gasteiger partial charge in [0.2, 0.25) is 0 Å². The van der Waals surface area contributed by atoms with E-state index in [1.807, 2.05) is 20.8 Å². The number of rotatable bonds is 5. The third-order valence-electron chi connectivity index (χ3n) is 3.55. The molecule has 1 atom stereocenters. The number of benzene rings is 1. The van der Waals surface area contributed by atoms with Gasteiger partial charge in [0.1, 0.15) is 6.10 Å². The number of hydrogen-bond acceptors (Lipinski definition) is 5. The average molecular weight is 312 g/mol. The van der Waals surface area contributed by atoms with Crippen molar-refractivity contribution in [3.63, 3.8) is 0 Å². The molecule has 0 unspecified atom stereocenters. The van der Waals surface area contributed by atoms with Crippen LogP contribution in [-0.4, -0.2) is 27.1 Å². The Morgan fingerprint density at radius 3 is 2.43 bits per heavy atom. The number of aryl methyl sites for hydroxylation is 1. The summed E-state index contributed by atoms with van der Waals surface area (Å²) in [5.41, 5.74) is 0.481. The van der Waals surface area contributed by atoms with Crippen LogP contribution in [0, 0.1) is 12.3 Å². The number of hydrogen-bond donors (Lipinski definition) is 0. The maximum atomic E-state index is 12.0. The summed E-state index contributed by atoms with van der Waals surface area (Å²) in [6.45, 7) is 5.52. The molecule has 5 nitrogen and oxygen atoms in total. The molecular formula is C15H20O5S. The fraction of sp³-hybridized carbons (Fsp3) is 0.533. The van der Waals surface area contributed by atoms with Gasteiger partial charge in [0.15, 0.2) is 0 Å². The van der Waals surface area contributed by atoms with Gasteiger partial charge in [-0.2, -0.15) is 8.42 Å². The first-order valence-corrected chi connectivity index (χ1v) is 8.29. The summed E-state index contributed by atoms with van der Waals surface area (Å²) in [4.78, 5) is 11.7. The molecule has 0 amide bonds. The molecule has 0 N–H and O–H groups in total. The van der Waals surface area contributed by atoms with Gasteiger partial charge in [-0.1, -0.05) is 17.7 Å². The van der Waals surface area contributed by atoms with Crippen molar-refractivity contribution in [2.24, 2.45) is 5.41 Å². The lowest BCUT2D eigenvalue weighted by Crippen LogP contribution is -2.16. The fourth-order valence-electron chi connectivity index (χ4n) is 2.23. The van der Waals surface area contributed by atoms with Gasteiger partial charge in [-0.15, -0.1) is 0 Å². The van der Waals surface area contributed by atoms with Crippen LogP contribution >= 0.6 is 0 Å². The first kappa shape index (κ1) is 16.0. The number of carbonyl (C=O) groups excluding carboxylic acids is 1. The van der Waals surface area contributed by atoms with Gasteiger partial charge < -0.3 is 4.74 Å². The zero-order chi connectivity index (χ0) is 15.7. The summed E-state index contributed by atoms with van der Waals surface area (Å²) in [6, 6.07) is 6.47. The monoisotopic (exact) mass is 312 g/mol. The Labute approximate surface area is 125 Å². The highest BCUT2D eigenvalue weighted by atomic mass is 32.2. The molecule has 1 fully saturated rings. The zero-order valence-corrected chi connectivity index (χ0v) is 13.3. The molecule has 1 saturated heterocycles. The minimum atomic E-state index is -3.75. The average Bonchev–Trinajstić information content (AvgIpc) is 2.63. The topological polar surface area (TPSA) is 69.7 Å². The van der Waals surface area contributed by atoms with E-state index in [9.17, 15) is 13.2 Å². The molecular weight excluding hydrogens is 292 g/mol. The van der Waals surface area contributed by atoms with E-state index in [1.54, 1.807) is 12.1 Å². The second-order valence-electron chi connectivity index (χ2n) is 5.99. The Morgan fingerprint density at radius 2 is 1.90 bits per heavy atom. The van der Waals surface area contributed by atoms with E-state index in [-0.39, 0.29) is 23.6 Å². The Kier molecular flexibility index (Phi) is 4.39. The number of ether oxygens (including phenoxy) is 1. The summed E-state index contributed by atoms with van der Waals surface area (Å²) in [5.74, 6) is -0.242. The predicted molar refractivity (Wildman–Crippen MR) is 77.2 cm³/mol. The smallest absolute Gasteiger partial charge is 0.311 e. The van der Waals surface area contributed by atoms with Crippen molar-refractivity contribution in [3.05, 3.63) is 29.8 Å². The van der Waals surface area contributed by atoms with Crippen LogP contribution < -0.4 is 0 Å². The highest BCUT2D eigenvalue weighted by Crippen LogP contribution is 2.34. The van der Waals surface area contributed by atoms with Crippen molar-refractivity contribution in [2.75, 3.05) is 6.61 Å². The first-order chi connectivity index (χ1) is 9.71. The van der Waals surface area contributed by atoms with Crippen LogP contribution in [0.25, 0.3) is 0 Å². The summed E-state index contributed by atoms with van der Waals surface area (Å²) < 4.78 is 34.2. The van der Waals surface area contributed by atoms with Crippen molar-refractivity contribution < 1.29 is 22.1 Å². The maximum Gasteiger partial charge on any atom is 0.311 e. The minimum absolute atomic E-state index is 0.00420. The minimum Gasteiger partial charge on any atom is -0.462 e. The van der Waals surface area contributed by atoms with Crippen molar-refractivity contribution in [2.45, 2.75) is 44.6 Å². The van der Waals surface area contributed by atoms with E-state index < -0.39 is 15.5 Å². The zero-order valence-electron chi connectivity index (χ0n) is 12.5. The van der Waals surface area contributed by atoms with Gasteiger partial charge in [-0.25, -0.2) is 0 Å². The Balaban J connectivity index is 1.89. The molecule has 116 valence electrons. The third kappa shape index (κ3) is 3.83. The number of cyclic esters (lactones) is 1. The summed E-state index contributed by atoms with van der Waals surface area (Å²) >= 11 is 0. The van der Waals surface area contributed by atoms with Crippen molar-refractivity contribution in [1.29, 1.82) is 0 Å². The van der Waals surface area contributed by atoms with Gasteiger partial charge in [0.25, 0.3) is 10.1 Å². The van der Waals surface area contributed by atoms with E-state index in [0.717, 1.165) is 5.56 Å². The molecule has 1 aliphatic rings. The molecule has 0 radical (unpaired) electrons. The molecule has 1 aliphatic heterocycles. The molecule has 0 saturated carbocycles. The quantitative estimate of drug-likeness (QED) is 0.617. The summed E-state index contributed by atoms with van der Waals surface area (Å²) in [5, 5.41) is 0. The molecule has 0 bridgehead atoms. The van der Waals surface area contributed by atoms with Gasteiger partial charge in [0.05, 0.1) is 16.9 Å². The molecule has 6 heteroatoms. The van der Waals surface area contributed by atoms with E-state index in [2.05, 4.69) is 0 Å². The van der Waals surface area contributed by atoms with Crippen molar-refractivity contribution >= 4 is 16.1 Å². The highest BCUT2D eigenvalue weighted by Gasteiger charge is 2.41. The molecule has 1 heterocycles. The highest BCUT2D eigenvalue weighted by molar-refractivity contribution is 7.86. The molecule has 1 aromatic carbocycles. The maximum absolute atomic E-state index is 12.0. The van der Waals surface area contributed by atoms with Crippen LogP contribution in [-0.2, 0) is 23.8 Å². The SMILES string of the molecule is Cc1ccc(S(=O)(=O)OCC[C@H]2CC(C)(C)C(=O)O2)cc1. The Hall–Kier alpha value is -1.40. The van der Waals surface area contributed by atoms with Gasteiger partial charge in [-0.3, -0.25) is 8.98 Å². The third-order valence-corrected chi connectivity index (χ3v) is 4.88. The van der Waals surface area contributed by atoms with E-state index in [4.69, 9.17) is 8.92 Å². The lowest BCUT2D eigenvalue weighted by Gasteiger charge is -2.11. The fourth-order valence-corrected chi connectivity index (χ4v) is 3.15. The van der Waals surface area contributed by atoms with Crippen molar-refractivity contribution in [1.82, 2.24) is 0 Å². The van der Waals surface area contributed by atoms with Crippen LogP contribution in [0.5, 0.6) is 0 Å². The lowest BCUT2D eigenvalue weighted by molar-refractivity contribution is -0.147. The van der Waals surface area contributed by atoms with Crippen LogP contribution in [0.4, 0.5) is 0 Å². The molecule has 1 aromatic rings. The van der Waals surface area contributed by atoms with E-state index >= 15 is 0 Å². The molecule has 0 aliphatic carbocycles. The number of esters is 1. The number of carbonyl (C=O) groups is 1. The molecule has 0 aromatic heterocycles. The molecule has 21 heavy (non-hydrogen) atoms. The Morgan fingerprint density at radius 1 is 1.29 bits per heavy atom. The molecule has 0 spiro atoms. The predicted octanol–water partition coefficient (Wildman–Crippen LogP) is 2.43. The van der Waals surface area contributed by atoms with E-state index in [1.165, 1.54) is 12.1 Å². The van der Waals surface area contributed by atoms with Crippen LogP contribution in [0.15, 0.2) is 29.2 Å². The lowest BCUT2D eigenvalue weighted by atomic mass is 9.89. The van der Waals surface area contributed by atoms with Gasteiger partial charge in [0, 0.05) is 12.8 Å². The van der Waals surface area contributed by atoms with Gasteiger partial charge >= 0.3 is 5.97 Å². The first-order valence-electron chi connectivity index (χ1n) is 6.88. The Bertz CT molecular complexity index is 616.